The first-order chi connectivity index (χ1) is 17.4. The number of benzene rings is 1. The minimum Gasteiger partial charge on any atom is -0.461 e. The van der Waals surface area contributed by atoms with Gasteiger partial charge in [0.1, 0.15) is 10.5 Å². The first-order valence-corrected chi connectivity index (χ1v) is 14.9. The Balaban J connectivity index is 1.72. The standard InChI is InChI=1S/C24H28Cl2N4O5S2/c1-13(2)30-37(32,33)17-9-8-15(19(25)20(17)26)21-16(10-14-6-5-7-14)27-23(36-21)22-29-28-18(35-22)11-24(3,4)34-12-31/h8-9,12-14,30H,5-7,10-11H2,1-4H3. The molecule has 1 fully saturated rings. The summed E-state index contributed by atoms with van der Waals surface area (Å²) >= 11 is 14.5. The molecule has 9 nitrogen and oxygen atoms in total. The molecule has 0 amide bonds. The molecule has 1 aromatic carbocycles. The van der Waals surface area contributed by atoms with Gasteiger partial charge in [-0.05, 0) is 46.1 Å². The van der Waals surface area contributed by atoms with Crippen LogP contribution in [0.4, 0.5) is 0 Å². The Morgan fingerprint density at radius 2 is 1.97 bits per heavy atom. The highest BCUT2D eigenvalue weighted by atomic mass is 35.5. The Labute approximate surface area is 230 Å². The van der Waals surface area contributed by atoms with Crippen molar-refractivity contribution in [3.8, 4) is 21.3 Å². The molecular formula is C24H28Cl2N4O5S2. The monoisotopic (exact) mass is 586 g/mol. The summed E-state index contributed by atoms with van der Waals surface area (Å²) in [7, 11) is -3.83. The van der Waals surface area contributed by atoms with E-state index in [2.05, 4.69) is 14.9 Å². The smallest absolute Gasteiger partial charge is 0.293 e. The number of aromatic nitrogens is 3. The third-order valence-electron chi connectivity index (χ3n) is 5.97. The van der Waals surface area contributed by atoms with Crippen LogP contribution in [-0.2, 0) is 32.4 Å². The minimum atomic E-state index is -3.83. The molecule has 0 radical (unpaired) electrons. The molecule has 1 saturated carbocycles. The maximum atomic E-state index is 12.7. The first kappa shape index (κ1) is 28.0. The number of carbonyl (C=O) groups excluding carboxylic acids is 1. The molecule has 1 N–H and O–H groups in total. The van der Waals surface area contributed by atoms with Crippen molar-refractivity contribution in [2.75, 3.05) is 0 Å². The Morgan fingerprint density at radius 1 is 1.24 bits per heavy atom. The van der Waals surface area contributed by atoms with E-state index in [0.29, 0.717) is 28.9 Å². The van der Waals surface area contributed by atoms with Gasteiger partial charge in [0.05, 0.1) is 27.0 Å². The zero-order chi connectivity index (χ0) is 27.0. The molecule has 2 aromatic heterocycles. The molecule has 4 rings (SSSR count). The number of sulfonamides is 1. The molecule has 0 aliphatic heterocycles. The summed E-state index contributed by atoms with van der Waals surface area (Å²) in [4.78, 5) is 16.3. The number of nitrogens with zero attached hydrogens (tertiary/aromatic N) is 3. The maximum absolute atomic E-state index is 12.7. The quantitative estimate of drug-likeness (QED) is 0.284. The van der Waals surface area contributed by atoms with Gasteiger partial charge in [-0.3, -0.25) is 4.79 Å². The molecule has 1 aliphatic carbocycles. The Bertz CT molecular complexity index is 1400. The molecule has 2 heterocycles. The van der Waals surface area contributed by atoms with Crippen molar-refractivity contribution < 1.29 is 22.4 Å². The van der Waals surface area contributed by atoms with E-state index in [1.807, 2.05) is 0 Å². The van der Waals surface area contributed by atoms with Crippen LogP contribution in [0, 0.1) is 5.92 Å². The van der Waals surface area contributed by atoms with E-state index < -0.39 is 15.6 Å². The first-order valence-electron chi connectivity index (χ1n) is 11.8. The molecule has 3 aromatic rings. The normalized spacial score (nSPS) is 14.7. The number of carbonyl (C=O) groups is 1. The Kier molecular flexibility index (Phi) is 8.30. The van der Waals surface area contributed by atoms with Crippen LogP contribution in [0.25, 0.3) is 21.3 Å². The highest BCUT2D eigenvalue weighted by Gasteiger charge is 2.29. The van der Waals surface area contributed by atoms with Crippen LogP contribution >= 0.6 is 34.5 Å². The average Bonchev–Trinajstić information content (AvgIpc) is 3.38. The van der Waals surface area contributed by atoms with Crippen molar-refractivity contribution >= 4 is 51.0 Å². The van der Waals surface area contributed by atoms with Gasteiger partial charge in [-0.15, -0.1) is 21.5 Å². The van der Waals surface area contributed by atoms with Gasteiger partial charge in [-0.2, -0.15) is 0 Å². The molecule has 37 heavy (non-hydrogen) atoms. The van der Waals surface area contributed by atoms with Crippen molar-refractivity contribution in [2.45, 2.75) is 76.3 Å². The van der Waals surface area contributed by atoms with Crippen molar-refractivity contribution in [3.63, 3.8) is 0 Å². The molecule has 0 bridgehead atoms. The lowest BCUT2D eigenvalue weighted by Gasteiger charge is -2.24. The van der Waals surface area contributed by atoms with E-state index in [9.17, 15) is 13.2 Å². The summed E-state index contributed by atoms with van der Waals surface area (Å²) in [6.45, 7) is 7.34. The average molecular weight is 588 g/mol. The number of halogens is 2. The molecule has 13 heteroatoms. The van der Waals surface area contributed by atoms with E-state index in [0.717, 1.165) is 29.8 Å². The topological polar surface area (TPSA) is 124 Å². The van der Waals surface area contributed by atoms with Gasteiger partial charge in [-0.25, -0.2) is 18.1 Å². The largest absolute Gasteiger partial charge is 0.461 e. The summed E-state index contributed by atoms with van der Waals surface area (Å²) in [5, 5.41) is 8.84. The zero-order valence-electron chi connectivity index (χ0n) is 20.9. The fourth-order valence-corrected chi connectivity index (χ4v) is 7.22. The van der Waals surface area contributed by atoms with Gasteiger partial charge < -0.3 is 9.15 Å². The third kappa shape index (κ3) is 6.34. The van der Waals surface area contributed by atoms with E-state index in [1.54, 1.807) is 33.8 Å². The van der Waals surface area contributed by atoms with E-state index in [4.69, 9.17) is 37.3 Å². The lowest BCUT2D eigenvalue weighted by atomic mass is 9.82. The lowest BCUT2D eigenvalue weighted by molar-refractivity contribution is -0.140. The van der Waals surface area contributed by atoms with E-state index >= 15 is 0 Å². The van der Waals surface area contributed by atoms with Gasteiger partial charge >= 0.3 is 0 Å². The number of ether oxygens (including phenoxy) is 1. The number of thiazole rings is 1. The Hall–Kier alpha value is -2.05. The van der Waals surface area contributed by atoms with Gasteiger partial charge in [0.25, 0.3) is 12.4 Å². The van der Waals surface area contributed by atoms with Crippen LogP contribution in [0.1, 0.15) is 58.5 Å². The summed E-state index contributed by atoms with van der Waals surface area (Å²) in [6, 6.07) is 2.82. The third-order valence-corrected chi connectivity index (χ3v) is 9.78. The molecule has 0 saturated heterocycles. The second-order valence-electron chi connectivity index (χ2n) is 9.96. The summed E-state index contributed by atoms with van der Waals surface area (Å²) in [5.74, 6) is 1.07. The fraction of sp³-hybridized carbons (Fsp3) is 0.500. The van der Waals surface area contributed by atoms with E-state index in [1.165, 1.54) is 23.8 Å². The van der Waals surface area contributed by atoms with Crippen LogP contribution in [0.5, 0.6) is 0 Å². The Morgan fingerprint density at radius 3 is 2.59 bits per heavy atom. The number of nitrogens with one attached hydrogen (secondary N) is 1. The van der Waals surface area contributed by atoms with Crippen LogP contribution in [-0.4, -0.2) is 41.7 Å². The summed E-state index contributed by atoms with van der Waals surface area (Å²) in [6.07, 6.45) is 4.42. The molecule has 200 valence electrons. The van der Waals surface area contributed by atoms with E-state index in [-0.39, 0.29) is 33.3 Å². The minimum absolute atomic E-state index is 0.0469. The second-order valence-corrected chi connectivity index (χ2v) is 13.4. The van der Waals surface area contributed by atoms with Gasteiger partial charge in [0.2, 0.25) is 15.9 Å². The second kappa shape index (κ2) is 11.0. The summed E-state index contributed by atoms with van der Waals surface area (Å²) in [5.41, 5.74) is 0.614. The van der Waals surface area contributed by atoms with Gasteiger partial charge in [-0.1, -0.05) is 48.5 Å². The molecule has 1 aliphatic rings. The van der Waals surface area contributed by atoms with Crippen LogP contribution in [0.3, 0.4) is 0 Å². The number of hydrogen-bond acceptors (Lipinski definition) is 9. The predicted molar refractivity (Wildman–Crippen MR) is 142 cm³/mol. The van der Waals surface area contributed by atoms with Crippen molar-refractivity contribution in [1.82, 2.24) is 19.9 Å². The SMILES string of the molecule is CC(C)NS(=O)(=O)c1ccc(-c2sc(-c3nnc(CC(C)(C)OC=O)o3)nc2CC2CCC2)c(Cl)c1Cl. The van der Waals surface area contributed by atoms with Crippen LogP contribution in [0.15, 0.2) is 21.4 Å². The predicted octanol–water partition coefficient (Wildman–Crippen LogP) is 5.69. The molecule has 0 atom stereocenters. The highest BCUT2D eigenvalue weighted by molar-refractivity contribution is 7.89. The zero-order valence-corrected chi connectivity index (χ0v) is 24.0. The maximum Gasteiger partial charge on any atom is 0.293 e. The summed E-state index contributed by atoms with van der Waals surface area (Å²) < 4.78 is 38.9. The molecule has 0 unspecified atom stereocenters. The van der Waals surface area contributed by atoms with Gasteiger partial charge in [0.15, 0.2) is 5.01 Å². The molecular weight excluding hydrogens is 559 g/mol. The fourth-order valence-electron chi connectivity index (χ4n) is 4.00. The van der Waals surface area contributed by atoms with Crippen LogP contribution in [0.2, 0.25) is 10.0 Å². The van der Waals surface area contributed by atoms with Gasteiger partial charge in [0, 0.05) is 11.6 Å². The van der Waals surface area contributed by atoms with Crippen molar-refractivity contribution in [2.24, 2.45) is 5.92 Å². The number of rotatable bonds is 11. The van der Waals surface area contributed by atoms with Crippen molar-refractivity contribution in [1.29, 1.82) is 0 Å². The molecule has 0 spiro atoms. The number of hydrogen-bond donors (Lipinski definition) is 1. The van der Waals surface area contributed by atoms with Crippen LogP contribution < -0.4 is 4.72 Å². The lowest BCUT2D eigenvalue weighted by Crippen LogP contribution is -2.30. The highest BCUT2D eigenvalue weighted by Crippen LogP contribution is 2.44. The van der Waals surface area contributed by atoms with Crippen molar-refractivity contribution in [3.05, 3.63) is 33.8 Å².